The van der Waals surface area contributed by atoms with Crippen molar-refractivity contribution in [3.63, 3.8) is 0 Å². The molecule has 0 bridgehead atoms. The van der Waals surface area contributed by atoms with Crippen LogP contribution >= 0.6 is 0 Å². The maximum atomic E-state index is 5.13. The largest absolute Gasteiger partial charge is 0.481 e. The van der Waals surface area contributed by atoms with E-state index in [0.29, 0.717) is 5.88 Å². The van der Waals surface area contributed by atoms with Crippen molar-refractivity contribution < 1.29 is 4.74 Å². The summed E-state index contributed by atoms with van der Waals surface area (Å²) in [4.78, 5) is 8.97. The van der Waals surface area contributed by atoms with Crippen LogP contribution in [0.5, 0.6) is 5.88 Å². The van der Waals surface area contributed by atoms with Gasteiger partial charge in [-0.3, -0.25) is 0 Å². The maximum Gasteiger partial charge on any atom is 0.213 e. The Labute approximate surface area is 130 Å². The smallest absolute Gasteiger partial charge is 0.213 e. The van der Waals surface area contributed by atoms with Crippen molar-refractivity contribution in [2.24, 2.45) is 0 Å². The standard InChI is InChI=1S/C17H20N4O/c1-13-19-15-7-3-4-8-16(15)21(13)11-10-18-12-14-6-5-9-17(20-14)22-2/h3-9,18H,10-12H2,1-2H3. The second kappa shape index (κ2) is 6.58. The zero-order valence-electron chi connectivity index (χ0n) is 12.9. The first-order valence-electron chi connectivity index (χ1n) is 7.40. The lowest BCUT2D eigenvalue weighted by molar-refractivity contribution is 0.395. The second-order valence-electron chi connectivity index (χ2n) is 5.15. The van der Waals surface area contributed by atoms with Gasteiger partial charge in [0, 0.05) is 25.7 Å². The molecule has 0 atom stereocenters. The highest BCUT2D eigenvalue weighted by atomic mass is 16.5. The zero-order chi connectivity index (χ0) is 15.4. The van der Waals surface area contributed by atoms with Gasteiger partial charge in [-0.1, -0.05) is 18.2 Å². The summed E-state index contributed by atoms with van der Waals surface area (Å²) in [7, 11) is 1.63. The molecule has 3 rings (SSSR count). The van der Waals surface area contributed by atoms with Gasteiger partial charge in [-0.2, -0.15) is 0 Å². The number of ether oxygens (including phenoxy) is 1. The SMILES string of the molecule is COc1cccc(CNCCn2c(C)nc3ccccc32)n1. The van der Waals surface area contributed by atoms with Crippen molar-refractivity contribution in [2.75, 3.05) is 13.7 Å². The average Bonchev–Trinajstić information content (AvgIpc) is 2.87. The molecule has 1 N–H and O–H groups in total. The van der Waals surface area contributed by atoms with Gasteiger partial charge in [0.2, 0.25) is 5.88 Å². The number of imidazole rings is 1. The summed E-state index contributed by atoms with van der Waals surface area (Å²) in [6, 6.07) is 14.0. The van der Waals surface area contributed by atoms with E-state index in [1.807, 2.05) is 43.3 Å². The predicted molar refractivity (Wildman–Crippen MR) is 87.0 cm³/mol. The summed E-state index contributed by atoms with van der Waals surface area (Å²) < 4.78 is 7.37. The van der Waals surface area contributed by atoms with Crippen LogP contribution in [0.4, 0.5) is 0 Å². The predicted octanol–water partition coefficient (Wildman–Crippen LogP) is 2.54. The highest BCUT2D eigenvalue weighted by Gasteiger charge is 2.05. The molecule has 0 radical (unpaired) electrons. The fourth-order valence-electron chi connectivity index (χ4n) is 2.56. The van der Waals surface area contributed by atoms with E-state index in [-0.39, 0.29) is 0 Å². The Kier molecular flexibility index (Phi) is 4.34. The van der Waals surface area contributed by atoms with Crippen molar-refractivity contribution in [3.8, 4) is 5.88 Å². The first-order valence-corrected chi connectivity index (χ1v) is 7.40. The molecule has 22 heavy (non-hydrogen) atoms. The van der Waals surface area contributed by atoms with E-state index in [2.05, 4.69) is 25.9 Å². The Hall–Kier alpha value is -2.40. The number of rotatable bonds is 6. The van der Waals surface area contributed by atoms with Crippen molar-refractivity contribution in [1.29, 1.82) is 0 Å². The van der Waals surface area contributed by atoms with Gasteiger partial charge in [-0.05, 0) is 25.1 Å². The lowest BCUT2D eigenvalue weighted by Gasteiger charge is -2.09. The molecule has 0 fully saturated rings. The highest BCUT2D eigenvalue weighted by molar-refractivity contribution is 5.75. The molecule has 3 aromatic rings. The first kappa shape index (κ1) is 14.5. The summed E-state index contributed by atoms with van der Waals surface area (Å²) >= 11 is 0. The lowest BCUT2D eigenvalue weighted by atomic mass is 10.3. The van der Waals surface area contributed by atoms with Crippen LogP contribution in [-0.4, -0.2) is 28.2 Å². The molecular weight excluding hydrogens is 276 g/mol. The van der Waals surface area contributed by atoms with Crippen molar-refractivity contribution in [2.45, 2.75) is 20.0 Å². The van der Waals surface area contributed by atoms with Crippen LogP contribution in [-0.2, 0) is 13.1 Å². The molecule has 0 aliphatic heterocycles. The van der Waals surface area contributed by atoms with Crippen LogP contribution in [0, 0.1) is 6.92 Å². The van der Waals surface area contributed by atoms with Crippen molar-refractivity contribution in [1.82, 2.24) is 19.9 Å². The molecule has 2 heterocycles. The Bertz CT molecular complexity index is 766. The molecule has 0 aliphatic rings. The van der Waals surface area contributed by atoms with Gasteiger partial charge < -0.3 is 14.6 Å². The van der Waals surface area contributed by atoms with E-state index in [1.165, 1.54) is 5.52 Å². The number of aromatic nitrogens is 3. The van der Waals surface area contributed by atoms with Crippen LogP contribution in [0.15, 0.2) is 42.5 Å². The monoisotopic (exact) mass is 296 g/mol. The number of nitrogens with one attached hydrogen (secondary N) is 1. The topological polar surface area (TPSA) is 52.0 Å². The van der Waals surface area contributed by atoms with Gasteiger partial charge in [0.05, 0.1) is 23.8 Å². The number of fused-ring (bicyclic) bond motifs is 1. The number of aryl methyl sites for hydroxylation is 1. The summed E-state index contributed by atoms with van der Waals surface area (Å²) in [6.45, 7) is 4.52. The fourth-order valence-corrected chi connectivity index (χ4v) is 2.56. The van der Waals surface area contributed by atoms with E-state index in [4.69, 9.17) is 4.74 Å². The third-order valence-corrected chi connectivity index (χ3v) is 3.65. The highest BCUT2D eigenvalue weighted by Crippen LogP contribution is 2.14. The number of methoxy groups -OCH3 is 1. The Morgan fingerprint density at radius 3 is 2.82 bits per heavy atom. The molecular formula is C17H20N4O. The summed E-state index contributed by atoms with van der Waals surface area (Å²) in [5, 5.41) is 3.42. The van der Waals surface area contributed by atoms with Crippen molar-refractivity contribution >= 4 is 11.0 Å². The number of nitrogens with zero attached hydrogens (tertiary/aromatic N) is 3. The quantitative estimate of drug-likeness (QED) is 0.710. The van der Waals surface area contributed by atoms with E-state index in [0.717, 1.165) is 36.7 Å². The number of hydrogen-bond acceptors (Lipinski definition) is 4. The summed E-state index contributed by atoms with van der Waals surface area (Å²) in [6.07, 6.45) is 0. The molecule has 5 nitrogen and oxygen atoms in total. The van der Waals surface area contributed by atoms with Gasteiger partial charge in [0.1, 0.15) is 5.82 Å². The molecule has 0 amide bonds. The molecule has 114 valence electrons. The number of para-hydroxylation sites is 2. The molecule has 0 unspecified atom stereocenters. The van der Waals surface area contributed by atoms with Gasteiger partial charge in [0.25, 0.3) is 0 Å². The Morgan fingerprint density at radius 2 is 1.95 bits per heavy atom. The maximum absolute atomic E-state index is 5.13. The molecule has 0 aliphatic carbocycles. The van der Waals surface area contributed by atoms with Crippen LogP contribution in [0.25, 0.3) is 11.0 Å². The zero-order valence-corrected chi connectivity index (χ0v) is 12.9. The Balaban J connectivity index is 1.59. The van der Waals surface area contributed by atoms with Crippen molar-refractivity contribution in [3.05, 3.63) is 54.0 Å². The van der Waals surface area contributed by atoms with Crippen LogP contribution in [0.2, 0.25) is 0 Å². The number of benzene rings is 1. The molecule has 5 heteroatoms. The van der Waals surface area contributed by atoms with Gasteiger partial charge in [-0.25, -0.2) is 9.97 Å². The van der Waals surface area contributed by atoms with Crippen LogP contribution in [0.1, 0.15) is 11.5 Å². The third kappa shape index (κ3) is 3.09. The molecule has 0 saturated heterocycles. The van der Waals surface area contributed by atoms with Gasteiger partial charge >= 0.3 is 0 Å². The minimum atomic E-state index is 0.649. The number of hydrogen-bond donors (Lipinski definition) is 1. The number of pyridine rings is 1. The second-order valence-corrected chi connectivity index (χ2v) is 5.15. The summed E-state index contributed by atoms with van der Waals surface area (Å²) in [5.41, 5.74) is 3.21. The molecule has 0 spiro atoms. The Morgan fingerprint density at radius 1 is 1.09 bits per heavy atom. The fraction of sp³-hybridized carbons (Fsp3) is 0.294. The first-order chi connectivity index (χ1) is 10.8. The van der Waals surface area contributed by atoms with E-state index >= 15 is 0 Å². The van der Waals surface area contributed by atoms with E-state index < -0.39 is 0 Å². The third-order valence-electron chi connectivity index (χ3n) is 3.65. The molecule has 2 aromatic heterocycles. The average molecular weight is 296 g/mol. The van der Waals surface area contributed by atoms with Crippen LogP contribution in [0.3, 0.4) is 0 Å². The van der Waals surface area contributed by atoms with Gasteiger partial charge in [-0.15, -0.1) is 0 Å². The minimum absolute atomic E-state index is 0.649. The lowest BCUT2D eigenvalue weighted by Crippen LogP contribution is -2.20. The minimum Gasteiger partial charge on any atom is -0.481 e. The normalized spacial score (nSPS) is 11.0. The van der Waals surface area contributed by atoms with E-state index in [1.54, 1.807) is 7.11 Å². The van der Waals surface area contributed by atoms with Gasteiger partial charge in [0.15, 0.2) is 0 Å². The summed E-state index contributed by atoms with van der Waals surface area (Å²) in [5.74, 6) is 1.69. The molecule has 1 aromatic carbocycles. The van der Waals surface area contributed by atoms with Crippen LogP contribution < -0.4 is 10.1 Å². The van der Waals surface area contributed by atoms with E-state index in [9.17, 15) is 0 Å². The molecule has 0 saturated carbocycles.